The van der Waals surface area contributed by atoms with Crippen molar-refractivity contribution in [2.24, 2.45) is 0 Å². The fourth-order valence-electron chi connectivity index (χ4n) is 1.92. The first-order valence-corrected chi connectivity index (χ1v) is 7.40. The largest absolute Gasteiger partial charge is 0.462 e. The van der Waals surface area contributed by atoms with Crippen molar-refractivity contribution < 1.29 is 9.53 Å². The number of hydrogen-bond donors (Lipinski definition) is 2. The summed E-state index contributed by atoms with van der Waals surface area (Å²) < 4.78 is 6.01. The molecule has 0 saturated carbocycles. The number of carbonyl (C=O) groups excluding carboxylic acids is 1. The van der Waals surface area contributed by atoms with Gasteiger partial charge in [-0.3, -0.25) is 0 Å². The molecule has 110 valence electrons. The van der Waals surface area contributed by atoms with Gasteiger partial charge in [0.25, 0.3) is 0 Å². The topological polar surface area (TPSA) is 64.3 Å². The highest BCUT2D eigenvalue weighted by Crippen LogP contribution is 2.28. The SMILES string of the molecule is CCOC(=O)c1ccc(N)c(Nc2ccc(Br)cc2C)c1. The second kappa shape index (κ2) is 6.63. The maximum atomic E-state index is 11.8. The summed E-state index contributed by atoms with van der Waals surface area (Å²) in [4.78, 5) is 11.8. The summed E-state index contributed by atoms with van der Waals surface area (Å²) in [6, 6.07) is 11.0. The van der Waals surface area contributed by atoms with Crippen LogP contribution in [0.4, 0.5) is 17.1 Å². The summed E-state index contributed by atoms with van der Waals surface area (Å²) in [6.07, 6.45) is 0. The Hall–Kier alpha value is -2.01. The molecule has 0 heterocycles. The van der Waals surface area contributed by atoms with Crippen LogP contribution in [0.5, 0.6) is 0 Å². The van der Waals surface area contributed by atoms with E-state index in [1.165, 1.54) is 0 Å². The number of carbonyl (C=O) groups is 1. The molecular formula is C16H17BrN2O2. The van der Waals surface area contributed by atoms with Crippen LogP contribution in [0.15, 0.2) is 40.9 Å². The Morgan fingerprint density at radius 2 is 2.00 bits per heavy atom. The third kappa shape index (κ3) is 3.76. The molecule has 0 aromatic heterocycles. The van der Waals surface area contributed by atoms with E-state index in [4.69, 9.17) is 10.5 Å². The van der Waals surface area contributed by atoms with Gasteiger partial charge in [0.15, 0.2) is 0 Å². The molecule has 3 N–H and O–H groups in total. The number of nitrogens with one attached hydrogen (secondary N) is 1. The number of nitrogens with two attached hydrogens (primary N) is 1. The molecule has 0 saturated heterocycles. The molecule has 0 aliphatic rings. The van der Waals surface area contributed by atoms with Crippen LogP contribution in [0.25, 0.3) is 0 Å². The molecule has 2 aromatic carbocycles. The normalized spacial score (nSPS) is 10.2. The summed E-state index contributed by atoms with van der Waals surface area (Å²) in [7, 11) is 0. The Morgan fingerprint density at radius 1 is 1.24 bits per heavy atom. The molecule has 21 heavy (non-hydrogen) atoms. The van der Waals surface area contributed by atoms with E-state index in [0.29, 0.717) is 23.5 Å². The number of hydrogen-bond acceptors (Lipinski definition) is 4. The van der Waals surface area contributed by atoms with Crippen LogP contribution >= 0.6 is 15.9 Å². The first-order valence-electron chi connectivity index (χ1n) is 6.61. The predicted molar refractivity (Wildman–Crippen MR) is 89.0 cm³/mol. The van der Waals surface area contributed by atoms with Gasteiger partial charge in [-0.1, -0.05) is 15.9 Å². The molecule has 0 atom stereocenters. The van der Waals surface area contributed by atoms with Crippen LogP contribution < -0.4 is 11.1 Å². The van der Waals surface area contributed by atoms with Gasteiger partial charge >= 0.3 is 5.97 Å². The minimum absolute atomic E-state index is 0.345. The maximum absolute atomic E-state index is 11.8. The Bertz CT molecular complexity index is 671. The summed E-state index contributed by atoms with van der Waals surface area (Å²) in [6.45, 7) is 4.12. The Kier molecular flexibility index (Phi) is 4.85. The van der Waals surface area contributed by atoms with Crippen molar-refractivity contribution in [2.75, 3.05) is 17.7 Å². The summed E-state index contributed by atoms with van der Waals surface area (Å²) in [5, 5.41) is 3.25. The third-order valence-corrected chi connectivity index (χ3v) is 3.52. The first kappa shape index (κ1) is 15.4. The molecule has 0 spiro atoms. The number of esters is 1. The highest BCUT2D eigenvalue weighted by atomic mass is 79.9. The summed E-state index contributed by atoms with van der Waals surface area (Å²) >= 11 is 3.43. The average molecular weight is 349 g/mol. The molecule has 0 fully saturated rings. The second-order valence-electron chi connectivity index (χ2n) is 4.61. The van der Waals surface area contributed by atoms with Gasteiger partial charge in [-0.05, 0) is 55.8 Å². The average Bonchev–Trinajstić information content (AvgIpc) is 2.44. The molecule has 5 heteroatoms. The lowest BCUT2D eigenvalue weighted by Gasteiger charge is -2.13. The fourth-order valence-corrected chi connectivity index (χ4v) is 2.39. The van der Waals surface area contributed by atoms with Crippen molar-refractivity contribution in [3.05, 3.63) is 52.0 Å². The molecule has 2 aromatic rings. The van der Waals surface area contributed by atoms with Crippen LogP contribution in [-0.2, 0) is 4.74 Å². The number of anilines is 3. The molecule has 2 rings (SSSR count). The third-order valence-electron chi connectivity index (χ3n) is 3.02. The van der Waals surface area contributed by atoms with Gasteiger partial charge < -0.3 is 15.8 Å². The monoisotopic (exact) mass is 348 g/mol. The molecule has 0 aliphatic heterocycles. The lowest BCUT2D eigenvalue weighted by molar-refractivity contribution is 0.0526. The van der Waals surface area contributed by atoms with Crippen LogP contribution in [0.2, 0.25) is 0 Å². The lowest BCUT2D eigenvalue weighted by Crippen LogP contribution is -2.06. The number of rotatable bonds is 4. The number of aryl methyl sites for hydroxylation is 1. The highest BCUT2D eigenvalue weighted by molar-refractivity contribution is 9.10. The quantitative estimate of drug-likeness (QED) is 0.639. The molecule has 0 radical (unpaired) electrons. The Balaban J connectivity index is 2.30. The van der Waals surface area contributed by atoms with Crippen LogP contribution in [0.1, 0.15) is 22.8 Å². The summed E-state index contributed by atoms with van der Waals surface area (Å²) in [5.41, 5.74) is 9.71. The number of ether oxygens (including phenoxy) is 1. The van der Waals surface area contributed by atoms with E-state index in [9.17, 15) is 4.79 Å². The van der Waals surface area contributed by atoms with Crippen LogP contribution in [0.3, 0.4) is 0 Å². The maximum Gasteiger partial charge on any atom is 0.338 e. The predicted octanol–water partition coefficient (Wildman–Crippen LogP) is 4.26. The van der Waals surface area contributed by atoms with Gasteiger partial charge in [-0.25, -0.2) is 4.79 Å². The smallest absolute Gasteiger partial charge is 0.338 e. The Labute approximate surface area is 132 Å². The number of halogens is 1. The van der Waals surface area contributed by atoms with E-state index in [1.807, 2.05) is 25.1 Å². The zero-order chi connectivity index (χ0) is 15.4. The zero-order valence-corrected chi connectivity index (χ0v) is 13.5. The fraction of sp³-hybridized carbons (Fsp3) is 0.188. The van der Waals surface area contributed by atoms with Gasteiger partial charge in [0.05, 0.1) is 23.5 Å². The second-order valence-corrected chi connectivity index (χ2v) is 5.52. The van der Waals surface area contributed by atoms with Crippen molar-refractivity contribution in [3.63, 3.8) is 0 Å². The van der Waals surface area contributed by atoms with Crippen molar-refractivity contribution in [3.8, 4) is 0 Å². The zero-order valence-electron chi connectivity index (χ0n) is 11.9. The van der Waals surface area contributed by atoms with Gasteiger partial charge in [0, 0.05) is 10.2 Å². The van der Waals surface area contributed by atoms with E-state index in [0.717, 1.165) is 15.7 Å². The van der Waals surface area contributed by atoms with E-state index >= 15 is 0 Å². The van der Waals surface area contributed by atoms with Gasteiger partial charge in [0.2, 0.25) is 0 Å². The summed E-state index contributed by atoms with van der Waals surface area (Å²) in [5.74, 6) is -0.354. The molecule has 0 bridgehead atoms. The van der Waals surface area contributed by atoms with E-state index in [-0.39, 0.29) is 5.97 Å². The number of benzene rings is 2. The van der Waals surface area contributed by atoms with Crippen molar-refractivity contribution >= 4 is 39.0 Å². The molecular weight excluding hydrogens is 332 g/mol. The molecule has 0 amide bonds. The molecule has 4 nitrogen and oxygen atoms in total. The van der Waals surface area contributed by atoms with Crippen molar-refractivity contribution in [1.82, 2.24) is 0 Å². The van der Waals surface area contributed by atoms with Gasteiger partial charge in [-0.2, -0.15) is 0 Å². The van der Waals surface area contributed by atoms with Crippen molar-refractivity contribution in [2.45, 2.75) is 13.8 Å². The molecule has 0 aliphatic carbocycles. The van der Waals surface area contributed by atoms with Crippen LogP contribution in [0, 0.1) is 6.92 Å². The Morgan fingerprint density at radius 3 is 2.67 bits per heavy atom. The van der Waals surface area contributed by atoms with Gasteiger partial charge in [0.1, 0.15) is 0 Å². The van der Waals surface area contributed by atoms with E-state index in [1.54, 1.807) is 25.1 Å². The van der Waals surface area contributed by atoms with Gasteiger partial charge in [-0.15, -0.1) is 0 Å². The minimum atomic E-state index is -0.354. The number of nitrogen functional groups attached to an aromatic ring is 1. The van der Waals surface area contributed by atoms with E-state index in [2.05, 4.69) is 21.2 Å². The molecule has 0 unspecified atom stereocenters. The van der Waals surface area contributed by atoms with Crippen LogP contribution in [-0.4, -0.2) is 12.6 Å². The van der Waals surface area contributed by atoms with E-state index < -0.39 is 0 Å². The van der Waals surface area contributed by atoms with Crippen molar-refractivity contribution in [1.29, 1.82) is 0 Å². The first-order chi connectivity index (χ1) is 10.0. The lowest BCUT2D eigenvalue weighted by atomic mass is 10.1. The standard InChI is InChI=1S/C16H17BrN2O2/c1-3-21-16(20)11-4-6-13(18)15(9-11)19-14-7-5-12(17)8-10(14)2/h4-9,19H,3,18H2,1-2H3. The highest BCUT2D eigenvalue weighted by Gasteiger charge is 2.10. The minimum Gasteiger partial charge on any atom is -0.462 e.